The van der Waals surface area contributed by atoms with Gasteiger partial charge in [-0.1, -0.05) is 11.6 Å². The lowest BCUT2D eigenvalue weighted by molar-refractivity contribution is -0.00585. The number of amides is 1. The van der Waals surface area contributed by atoms with Gasteiger partial charge in [0.2, 0.25) is 5.88 Å². The van der Waals surface area contributed by atoms with Crippen LogP contribution in [0.25, 0.3) is 10.8 Å². The van der Waals surface area contributed by atoms with Crippen LogP contribution in [0.5, 0.6) is 5.88 Å². The molecule has 0 saturated carbocycles. The van der Waals surface area contributed by atoms with Crippen molar-refractivity contribution in [2.45, 2.75) is 77.3 Å². The molecule has 2 fully saturated rings. The third kappa shape index (κ3) is 3.39. The molecular formula is C23H28ClFN4O4. The lowest BCUT2D eigenvalue weighted by atomic mass is 9.97. The number of piperazine rings is 1. The van der Waals surface area contributed by atoms with Crippen molar-refractivity contribution >= 4 is 34.3 Å². The molecule has 4 unspecified atom stereocenters. The largest absolute Gasteiger partial charge is 0.469 e. The van der Waals surface area contributed by atoms with Gasteiger partial charge in [0.05, 0.1) is 30.1 Å². The molecule has 2 saturated heterocycles. The fourth-order valence-electron chi connectivity index (χ4n) is 5.46. The van der Waals surface area contributed by atoms with Crippen molar-refractivity contribution in [3.63, 3.8) is 0 Å². The number of aromatic nitrogens is 2. The molecule has 178 valence electrons. The van der Waals surface area contributed by atoms with Crippen molar-refractivity contribution in [1.82, 2.24) is 14.9 Å². The summed E-state index contributed by atoms with van der Waals surface area (Å²) < 4.78 is 27.1. The molecule has 10 heteroatoms. The van der Waals surface area contributed by atoms with Crippen LogP contribution in [0.3, 0.4) is 0 Å². The zero-order valence-corrected chi connectivity index (χ0v) is 20.1. The minimum Gasteiger partial charge on any atom is -0.469 e. The fraction of sp³-hybridized carbons (Fsp3) is 0.609. The smallest absolute Gasteiger partial charge is 0.410 e. The zero-order valence-electron chi connectivity index (χ0n) is 19.4. The Kier molecular flexibility index (Phi) is 5.13. The zero-order chi connectivity index (χ0) is 23.8. The first-order valence-electron chi connectivity index (χ1n) is 11.2. The molecule has 5 heterocycles. The first-order chi connectivity index (χ1) is 15.5. The number of aryl methyl sites for hydroxylation is 2. The highest BCUT2D eigenvalue weighted by Gasteiger charge is 2.54. The first kappa shape index (κ1) is 22.4. The van der Waals surface area contributed by atoms with Crippen LogP contribution >= 0.6 is 11.6 Å². The lowest BCUT2D eigenvalue weighted by Crippen LogP contribution is -2.66. The summed E-state index contributed by atoms with van der Waals surface area (Å²) in [5.74, 6) is 0.0839. The van der Waals surface area contributed by atoms with Gasteiger partial charge >= 0.3 is 6.09 Å². The Bertz CT molecular complexity index is 1150. The summed E-state index contributed by atoms with van der Waals surface area (Å²) in [6, 6.07) is -0.760. The molecule has 3 aliphatic heterocycles. The number of hydrogen-bond acceptors (Lipinski definition) is 7. The number of aliphatic hydroxyl groups is 1. The number of carbonyl (C=O) groups is 1. The van der Waals surface area contributed by atoms with Gasteiger partial charge in [0, 0.05) is 17.6 Å². The van der Waals surface area contributed by atoms with Gasteiger partial charge in [-0.3, -0.25) is 4.90 Å². The Morgan fingerprint density at radius 2 is 2.00 bits per heavy atom. The van der Waals surface area contributed by atoms with Crippen molar-refractivity contribution < 1.29 is 23.8 Å². The molecule has 1 amide bonds. The van der Waals surface area contributed by atoms with Crippen molar-refractivity contribution in [3.8, 4) is 5.88 Å². The summed E-state index contributed by atoms with van der Waals surface area (Å²) in [6.07, 6.45) is 0.436. The Labute approximate surface area is 196 Å². The van der Waals surface area contributed by atoms with Crippen LogP contribution in [-0.2, 0) is 4.74 Å². The highest BCUT2D eigenvalue weighted by Crippen LogP contribution is 2.46. The van der Waals surface area contributed by atoms with E-state index in [1.54, 1.807) is 11.8 Å². The molecule has 3 aliphatic rings. The molecule has 4 atom stereocenters. The van der Waals surface area contributed by atoms with Gasteiger partial charge in [-0.2, -0.15) is 4.98 Å². The van der Waals surface area contributed by atoms with E-state index >= 15 is 4.39 Å². The Morgan fingerprint density at radius 3 is 2.67 bits per heavy atom. The molecule has 0 spiro atoms. The van der Waals surface area contributed by atoms with Crippen LogP contribution < -0.4 is 9.64 Å². The van der Waals surface area contributed by atoms with E-state index < -0.39 is 23.6 Å². The molecule has 33 heavy (non-hydrogen) atoms. The number of pyridine rings is 2. The number of nitrogens with zero attached hydrogens (tertiary/aromatic N) is 4. The number of anilines is 1. The predicted octanol–water partition coefficient (Wildman–Crippen LogP) is 3.75. The molecule has 0 aliphatic carbocycles. The second-order valence-corrected chi connectivity index (χ2v) is 10.4. The Balaban J connectivity index is 1.68. The minimum absolute atomic E-state index is 0.0921. The van der Waals surface area contributed by atoms with Crippen LogP contribution in [0.2, 0.25) is 5.15 Å². The van der Waals surface area contributed by atoms with Gasteiger partial charge in [-0.25, -0.2) is 14.2 Å². The molecule has 2 aromatic heterocycles. The summed E-state index contributed by atoms with van der Waals surface area (Å²) in [4.78, 5) is 25.9. The number of carbonyl (C=O) groups excluding carboxylic acids is 1. The third-order valence-corrected chi connectivity index (χ3v) is 7.14. The number of halogens is 2. The molecular weight excluding hydrogens is 451 g/mol. The summed E-state index contributed by atoms with van der Waals surface area (Å²) in [6.45, 7) is 9.29. The Morgan fingerprint density at radius 1 is 1.27 bits per heavy atom. The normalized spacial score (nSPS) is 26.2. The summed E-state index contributed by atoms with van der Waals surface area (Å²) in [5, 5.41) is 10.8. The van der Waals surface area contributed by atoms with E-state index in [0.29, 0.717) is 34.4 Å². The molecule has 8 nitrogen and oxygen atoms in total. The van der Waals surface area contributed by atoms with E-state index in [0.717, 1.165) is 12.8 Å². The van der Waals surface area contributed by atoms with Crippen LogP contribution in [0.1, 0.15) is 44.9 Å². The second kappa shape index (κ2) is 7.56. The van der Waals surface area contributed by atoms with E-state index in [1.165, 1.54) is 0 Å². The van der Waals surface area contributed by atoms with E-state index in [1.807, 2.05) is 27.7 Å². The Hall–Kier alpha value is -2.39. The molecule has 5 rings (SSSR count). The molecule has 1 N–H and O–H groups in total. The average molecular weight is 479 g/mol. The monoisotopic (exact) mass is 478 g/mol. The van der Waals surface area contributed by atoms with Gasteiger partial charge in [-0.15, -0.1) is 0 Å². The van der Waals surface area contributed by atoms with Gasteiger partial charge in [-0.05, 0) is 53.0 Å². The van der Waals surface area contributed by atoms with Crippen LogP contribution in [0.4, 0.5) is 15.0 Å². The summed E-state index contributed by atoms with van der Waals surface area (Å²) in [7, 11) is 0. The number of rotatable bonds is 1. The van der Waals surface area contributed by atoms with Crippen LogP contribution in [0.15, 0.2) is 0 Å². The summed E-state index contributed by atoms with van der Waals surface area (Å²) in [5.41, 5.74) is 0.711. The number of hydrogen-bond donors (Lipinski definition) is 1. The molecule has 2 bridgehead atoms. The second-order valence-electron chi connectivity index (χ2n) is 10.1. The van der Waals surface area contributed by atoms with Gasteiger partial charge in [0.15, 0.2) is 11.0 Å². The van der Waals surface area contributed by atoms with Gasteiger partial charge in [0.1, 0.15) is 17.5 Å². The third-order valence-electron chi connectivity index (χ3n) is 6.89. The number of ether oxygens (including phenoxy) is 2. The van der Waals surface area contributed by atoms with Crippen molar-refractivity contribution in [2.75, 3.05) is 18.1 Å². The first-order valence-corrected chi connectivity index (χ1v) is 11.6. The van der Waals surface area contributed by atoms with E-state index in [-0.39, 0.29) is 35.8 Å². The average Bonchev–Trinajstić information content (AvgIpc) is 2.98. The highest BCUT2D eigenvalue weighted by molar-refractivity contribution is 6.30. The topological polar surface area (TPSA) is 88.0 Å². The maximum absolute atomic E-state index is 15.2. The lowest BCUT2D eigenvalue weighted by Gasteiger charge is -2.48. The standard InChI is InChI=1S/C23H28ClFN4O4/c1-10-11(2)26-20-16-15(10)17(25)19(24)27-21(16)32-14(9-30)18-13-7-6-12(8-28(18)20)29(13)22(31)33-23(3,4)5/h12-14,18,30H,6-9H2,1-5H3. The van der Waals surface area contributed by atoms with Crippen LogP contribution in [0, 0.1) is 19.7 Å². The number of aliphatic hydroxyl groups excluding tert-OH is 1. The van der Waals surface area contributed by atoms with E-state index in [4.69, 9.17) is 26.1 Å². The van der Waals surface area contributed by atoms with Gasteiger partial charge in [0.25, 0.3) is 0 Å². The summed E-state index contributed by atoms with van der Waals surface area (Å²) >= 11 is 6.13. The SMILES string of the molecule is Cc1nc2c3c(nc(Cl)c(F)c3c1C)OC(CO)C1C3CCC(CN21)N3C(=O)OC(C)(C)C. The van der Waals surface area contributed by atoms with Crippen molar-refractivity contribution in [3.05, 3.63) is 22.2 Å². The number of fused-ring (bicyclic) bond motifs is 5. The maximum Gasteiger partial charge on any atom is 0.410 e. The van der Waals surface area contributed by atoms with Crippen molar-refractivity contribution in [2.24, 2.45) is 0 Å². The van der Waals surface area contributed by atoms with Crippen molar-refractivity contribution in [1.29, 1.82) is 0 Å². The van der Waals surface area contributed by atoms with E-state index in [9.17, 15) is 9.90 Å². The maximum atomic E-state index is 15.2. The highest BCUT2D eigenvalue weighted by atomic mass is 35.5. The molecule has 0 radical (unpaired) electrons. The van der Waals surface area contributed by atoms with Gasteiger partial charge < -0.3 is 19.5 Å². The van der Waals surface area contributed by atoms with E-state index in [2.05, 4.69) is 9.88 Å². The predicted molar refractivity (Wildman–Crippen MR) is 121 cm³/mol. The quantitative estimate of drug-likeness (QED) is 0.624. The fourth-order valence-corrected chi connectivity index (χ4v) is 5.63. The minimum atomic E-state index is -0.717. The molecule has 0 aromatic carbocycles. The van der Waals surface area contributed by atoms with Crippen LogP contribution in [-0.4, -0.2) is 69.0 Å². The molecule has 2 aromatic rings.